The van der Waals surface area contributed by atoms with Gasteiger partial charge in [-0.25, -0.2) is 0 Å². The molecule has 0 aliphatic heterocycles. The molecule has 0 saturated carbocycles. The number of carbonyl (C=O) groups excluding carboxylic acids is 1. The standard InChI is InChI=1S/C37H42O3/c38-33(23-13-25-36(29-15-5-1-6-16-29)30-17-7-2-8-18-30)27-35(40)28-34(39)24-14-26-37(31-19-9-3-10-20-31)32-21-11-4-12-22-32/h1-12,15-22,33-34,36-39H,13-14,23-28H2. The summed E-state index contributed by atoms with van der Waals surface area (Å²) >= 11 is 0. The minimum Gasteiger partial charge on any atom is -0.393 e. The third-order valence-electron chi connectivity index (χ3n) is 7.79. The third-order valence-corrected chi connectivity index (χ3v) is 7.79. The largest absolute Gasteiger partial charge is 0.393 e. The minimum absolute atomic E-state index is 0.0645. The van der Waals surface area contributed by atoms with E-state index in [-0.39, 0.29) is 30.5 Å². The van der Waals surface area contributed by atoms with Crippen LogP contribution >= 0.6 is 0 Å². The van der Waals surface area contributed by atoms with Crippen LogP contribution in [0.15, 0.2) is 121 Å². The van der Waals surface area contributed by atoms with Crippen LogP contribution in [0, 0.1) is 0 Å². The Bertz CT molecular complexity index is 1060. The quantitative estimate of drug-likeness (QED) is 0.153. The van der Waals surface area contributed by atoms with E-state index in [0.717, 1.165) is 25.7 Å². The van der Waals surface area contributed by atoms with Gasteiger partial charge in [-0.3, -0.25) is 4.79 Å². The van der Waals surface area contributed by atoms with Crippen LogP contribution < -0.4 is 0 Å². The number of hydrogen-bond donors (Lipinski definition) is 2. The van der Waals surface area contributed by atoms with Crippen molar-refractivity contribution in [2.75, 3.05) is 0 Å². The molecule has 0 aliphatic carbocycles. The summed E-state index contributed by atoms with van der Waals surface area (Å²) in [4.78, 5) is 12.6. The number of rotatable bonds is 16. The molecular weight excluding hydrogens is 492 g/mol. The average molecular weight is 535 g/mol. The Labute approximate surface area is 239 Å². The van der Waals surface area contributed by atoms with Crippen molar-refractivity contribution in [3.8, 4) is 0 Å². The molecule has 0 radical (unpaired) electrons. The SMILES string of the molecule is O=C(CC(O)CCCC(c1ccccc1)c1ccccc1)CC(O)CCCC(c1ccccc1)c1ccccc1. The number of hydrogen-bond acceptors (Lipinski definition) is 3. The van der Waals surface area contributed by atoms with Gasteiger partial charge in [0.05, 0.1) is 12.2 Å². The number of aliphatic hydroxyl groups is 2. The van der Waals surface area contributed by atoms with Crippen LogP contribution in [0.3, 0.4) is 0 Å². The molecule has 4 aromatic carbocycles. The molecule has 0 heterocycles. The minimum atomic E-state index is -0.674. The maximum atomic E-state index is 12.6. The summed E-state index contributed by atoms with van der Waals surface area (Å²) in [6.45, 7) is 0. The lowest BCUT2D eigenvalue weighted by Crippen LogP contribution is -2.19. The van der Waals surface area contributed by atoms with Crippen molar-refractivity contribution < 1.29 is 15.0 Å². The summed E-state index contributed by atoms with van der Waals surface area (Å²) in [6, 6.07) is 41.8. The van der Waals surface area contributed by atoms with Crippen LogP contribution in [-0.2, 0) is 4.79 Å². The molecule has 208 valence electrons. The Morgan fingerprint density at radius 2 is 0.725 bits per heavy atom. The maximum absolute atomic E-state index is 12.6. The zero-order valence-electron chi connectivity index (χ0n) is 23.3. The maximum Gasteiger partial charge on any atom is 0.138 e. The van der Waals surface area contributed by atoms with Crippen LogP contribution in [0.4, 0.5) is 0 Å². The lowest BCUT2D eigenvalue weighted by molar-refractivity contribution is -0.123. The van der Waals surface area contributed by atoms with Crippen LogP contribution in [0.25, 0.3) is 0 Å². The second kappa shape index (κ2) is 15.9. The first kappa shape index (κ1) is 29.5. The zero-order valence-corrected chi connectivity index (χ0v) is 23.3. The van der Waals surface area contributed by atoms with Crippen LogP contribution in [0.1, 0.15) is 85.5 Å². The molecule has 40 heavy (non-hydrogen) atoms. The molecule has 3 heteroatoms. The van der Waals surface area contributed by atoms with E-state index in [1.165, 1.54) is 22.3 Å². The van der Waals surface area contributed by atoms with E-state index in [9.17, 15) is 15.0 Å². The Morgan fingerprint density at radius 3 is 1.00 bits per heavy atom. The molecular formula is C37H42O3. The predicted molar refractivity (Wildman–Crippen MR) is 163 cm³/mol. The van der Waals surface area contributed by atoms with Crippen molar-refractivity contribution in [1.82, 2.24) is 0 Å². The Morgan fingerprint density at radius 1 is 0.450 bits per heavy atom. The van der Waals surface area contributed by atoms with Crippen molar-refractivity contribution in [3.63, 3.8) is 0 Å². The van der Waals surface area contributed by atoms with Gasteiger partial charge >= 0.3 is 0 Å². The highest BCUT2D eigenvalue weighted by Gasteiger charge is 2.19. The van der Waals surface area contributed by atoms with E-state index in [1.807, 2.05) is 24.3 Å². The summed E-state index contributed by atoms with van der Waals surface area (Å²) in [6.07, 6.45) is 3.49. The van der Waals surface area contributed by atoms with Gasteiger partial charge in [0, 0.05) is 24.7 Å². The Hall–Kier alpha value is -3.53. The zero-order chi connectivity index (χ0) is 28.0. The molecule has 2 N–H and O–H groups in total. The average Bonchev–Trinajstić information content (AvgIpc) is 2.99. The lowest BCUT2D eigenvalue weighted by Gasteiger charge is -2.20. The number of ketones is 1. The fourth-order valence-corrected chi connectivity index (χ4v) is 5.72. The molecule has 0 fully saturated rings. The first-order valence-electron chi connectivity index (χ1n) is 14.7. The Kier molecular flexibility index (Phi) is 11.7. The molecule has 0 aromatic heterocycles. The number of benzene rings is 4. The molecule has 2 unspecified atom stereocenters. The first-order valence-corrected chi connectivity index (χ1v) is 14.7. The molecule has 0 bridgehead atoms. The van der Waals surface area contributed by atoms with E-state index in [4.69, 9.17) is 0 Å². The predicted octanol–water partition coefficient (Wildman–Crippen LogP) is 8.06. The number of Topliss-reactive ketones (excluding diaryl/α,β-unsaturated/α-hetero) is 1. The van der Waals surface area contributed by atoms with Crippen molar-refractivity contribution in [2.45, 2.75) is 75.4 Å². The van der Waals surface area contributed by atoms with Crippen LogP contribution in [0.2, 0.25) is 0 Å². The summed E-state index contributed by atoms with van der Waals surface area (Å²) in [5, 5.41) is 21.2. The topological polar surface area (TPSA) is 57.5 Å². The molecule has 3 nitrogen and oxygen atoms in total. The molecule has 0 amide bonds. The Balaban J connectivity index is 1.20. The lowest BCUT2D eigenvalue weighted by atomic mass is 9.86. The van der Waals surface area contributed by atoms with Crippen molar-refractivity contribution >= 4 is 5.78 Å². The molecule has 4 aromatic rings. The van der Waals surface area contributed by atoms with Gasteiger partial charge in [0.2, 0.25) is 0 Å². The summed E-state index contributed by atoms with van der Waals surface area (Å²) in [5.74, 6) is 0.468. The van der Waals surface area contributed by atoms with Gasteiger partial charge in [-0.1, -0.05) is 121 Å². The van der Waals surface area contributed by atoms with E-state index >= 15 is 0 Å². The second-order valence-corrected chi connectivity index (χ2v) is 10.9. The highest BCUT2D eigenvalue weighted by Crippen LogP contribution is 2.31. The normalized spacial score (nSPS) is 12.9. The van der Waals surface area contributed by atoms with E-state index < -0.39 is 12.2 Å². The van der Waals surface area contributed by atoms with E-state index in [0.29, 0.717) is 12.8 Å². The third kappa shape index (κ3) is 9.29. The van der Waals surface area contributed by atoms with Gasteiger partial charge in [-0.05, 0) is 60.8 Å². The highest BCUT2D eigenvalue weighted by atomic mass is 16.3. The summed E-state index contributed by atoms with van der Waals surface area (Å²) < 4.78 is 0. The second-order valence-electron chi connectivity index (χ2n) is 10.9. The monoisotopic (exact) mass is 534 g/mol. The molecule has 0 spiro atoms. The van der Waals surface area contributed by atoms with Crippen molar-refractivity contribution in [3.05, 3.63) is 144 Å². The fraction of sp³-hybridized carbons (Fsp3) is 0.324. The molecule has 4 rings (SSSR count). The van der Waals surface area contributed by atoms with Crippen molar-refractivity contribution in [1.29, 1.82) is 0 Å². The first-order chi connectivity index (χ1) is 19.6. The smallest absolute Gasteiger partial charge is 0.138 e. The van der Waals surface area contributed by atoms with Gasteiger partial charge in [-0.15, -0.1) is 0 Å². The summed E-state index contributed by atoms with van der Waals surface area (Å²) in [5.41, 5.74) is 5.07. The molecule has 0 saturated heterocycles. The van der Waals surface area contributed by atoms with Gasteiger partial charge in [0.25, 0.3) is 0 Å². The summed E-state index contributed by atoms with van der Waals surface area (Å²) in [7, 11) is 0. The van der Waals surface area contributed by atoms with Gasteiger partial charge in [-0.2, -0.15) is 0 Å². The van der Waals surface area contributed by atoms with Gasteiger partial charge in [0.15, 0.2) is 0 Å². The van der Waals surface area contributed by atoms with Gasteiger partial charge < -0.3 is 10.2 Å². The number of aliphatic hydroxyl groups excluding tert-OH is 2. The number of carbonyl (C=O) groups is 1. The van der Waals surface area contributed by atoms with E-state index in [1.54, 1.807) is 0 Å². The highest BCUT2D eigenvalue weighted by molar-refractivity contribution is 5.79. The van der Waals surface area contributed by atoms with Crippen molar-refractivity contribution in [2.24, 2.45) is 0 Å². The van der Waals surface area contributed by atoms with Gasteiger partial charge in [0.1, 0.15) is 5.78 Å². The van der Waals surface area contributed by atoms with Crippen LogP contribution in [-0.4, -0.2) is 28.2 Å². The molecule has 0 aliphatic rings. The van der Waals surface area contributed by atoms with Crippen LogP contribution in [0.5, 0.6) is 0 Å². The molecule has 2 atom stereocenters. The van der Waals surface area contributed by atoms with E-state index in [2.05, 4.69) is 97.1 Å². The fourth-order valence-electron chi connectivity index (χ4n) is 5.72.